The normalized spacial score (nSPS) is 16.1. The monoisotopic (exact) mass is 814 g/mol. The summed E-state index contributed by atoms with van der Waals surface area (Å²) >= 11 is 0. The lowest BCUT2D eigenvalue weighted by molar-refractivity contribution is -0.459. The minimum atomic E-state index is -9.75. The second-order valence-corrected chi connectivity index (χ2v) is 8.78. The molecule has 0 radical (unpaired) electrons. The number of allylic oxidation sites excluding steroid dienone is 2. The molecule has 1 rings (SSSR count). The van der Waals surface area contributed by atoms with Gasteiger partial charge in [0.2, 0.25) is 11.6 Å². The van der Waals surface area contributed by atoms with Crippen molar-refractivity contribution in [2.75, 3.05) is 0 Å². The van der Waals surface area contributed by atoms with E-state index >= 15 is 0 Å². The van der Waals surface area contributed by atoms with E-state index in [1.165, 1.54) is 0 Å². The van der Waals surface area contributed by atoms with E-state index < -0.39 is 112 Å². The number of halogens is 30. The molecule has 0 saturated carbocycles. The Bertz CT molecular complexity index is 1450. The number of ether oxygens (including phenoxy) is 1. The minimum Gasteiger partial charge on any atom is -0.420 e. The van der Waals surface area contributed by atoms with Crippen LogP contribution in [0.4, 0.5) is 132 Å². The molecule has 31 heteroatoms. The Hall–Kier alpha value is -3.34. The van der Waals surface area contributed by atoms with Gasteiger partial charge in [-0.1, -0.05) is 0 Å². The summed E-state index contributed by atoms with van der Waals surface area (Å²) in [7, 11) is 0. The van der Waals surface area contributed by atoms with E-state index in [4.69, 9.17) is 0 Å². The Morgan fingerprint density at radius 1 is 0.340 bits per heavy atom. The predicted octanol–water partition coefficient (Wildman–Crippen LogP) is 10.8. The first-order valence-corrected chi connectivity index (χ1v) is 10.6. The van der Waals surface area contributed by atoms with E-state index in [-0.39, 0.29) is 0 Å². The minimum absolute atomic E-state index is 1.57. The molecule has 0 unspecified atom stereocenters. The third-order valence-corrected chi connectivity index (χ3v) is 5.54. The second-order valence-electron chi connectivity index (χ2n) is 8.78. The van der Waals surface area contributed by atoms with Crippen LogP contribution in [0.2, 0.25) is 0 Å². The molecule has 0 aromatic heterocycles. The zero-order valence-electron chi connectivity index (χ0n) is 21.2. The van der Waals surface area contributed by atoms with E-state index in [2.05, 4.69) is 0 Å². The maximum atomic E-state index is 14.9. The molecule has 0 atom stereocenters. The molecule has 0 heterocycles. The molecule has 0 saturated heterocycles. The van der Waals surface area contributed by atoms with Crippen molar-refractivity contribution in [3.63, 3.8) is 0 Å². The third-order valence-electron chi connectivity index (χ3n) is 5.54. The van der Waals surface area contributed by atoms with Crippen molar-refractivity contribution in [3.05, 3.63) is 40.4 Å². The number of alkyl halides is 25. The van der Waals surface area contributed by atoms with Crippen molar-refractivity contribution >= 4 is 5.57 Å². The predicted molar refractivity (Wildman–Crippen MR) is 92.0 cm³/mol. The number of hydrogen-bond acceptors (Lipinski definition) is 1. The van der Waals surface area contributed by atoms with Gasteiger partial charge in [-0.3, -0.25) is 0 Å². The van der Waals surface area contributed by atoms with E-state index in [0.29, 0.717) is 0 Å². The van der Waals surface area contributed by atoms with Crippen LogP contribution in [-0.4, -0.2) is 66.1 Å². The summed E-state index contributed by atoms with van der Waals surface area (Å²) in [5.74, 6) is -92.8. The van der Waals surface area contributed by atoms with Gasteiger partial charge in [-0.2, -0.15) is 110 Å². The maximum absolute atomic E-state index is 14.9. The maximum Gasteiger partial charge on any atom is 0.499 e. The van der Waals surface area contributed by atoms with Crippen molar-refractivity contribution in [2.24, 2.45) is 0 Å². The van der Waals surface area contributed by atoms with Crippen LogP contribution < -0.4 is 0 Å². The van der Waals surface area contributed by atoms with E-state index in [0.717, 1.165) is 0 Å². The second kappa shape index (κ2) is 11.9. The van der Waals surface area contributed by atoms with E-state index in [1.807, 2.05) is 0 Å². The topological polar surface area (TPSA) is 9.23 Å². The first-order valence-electron chi connectivity index (χ1n) is 10.6. The molecule has 292 valence electrons. The van der Waals surface area contributed by atoms with Gasteiger partial charge in [0.05, 0.1) is 11.1 Å². The molecule has 0 aliphatic carbocycles. The molecule has 0 fully saturated rings. The molecule has 0 aliphatic rings. The molecule has 1 aromatic rings. The zero-order chi connectivity index (χ0) is 40.8. The quantitative estimate of drug-likeness (QED) is 0.0990. The largest absolute Gasteiger partial charge is 0.499 e. The lowest BCUT2D eigenvalue weighted by Crippen LogP contribution is -2.74. The van der Waals surface area contributed by atoms with Crippen molar-refractivity contribution in [1.29, 1.82) is 0 Å². The van der Waals surface area contributed by atoms with Crippen molar-refractivity contribution < 1.29 is 136 Å². The van der Waals surface area contributed by atoms with Crippen molar-refractivity contribution in [2.45, 2.75) is 66.1 Å². The summed E-state index contributed by atoms with van der Waals surface area (Å²) in [6.07, 6.45) is -32.2. The fraction of sp³-hybridized carbons (Fsp3) is 0.579. The lowest BCUT2D eigenvalue weighted by atomic mass is 9.84. The van der Waals surface area contributed by atoms with Crippen LogP contribution >= 0.6 is 0 Å². The van der Waals surface area contributed by atoms with Gasteiger partial charge in [0.25, 0.3) is 0 Å². The van der Waals surface area contributed by atoms with Crippen LogP contribution in [0.25, 0.3) is 5.57 Å². The Morgan fingerprint density at radius 2 is 0.620 bits per heavy atom. The van der Waals surface area contributed by atoms with E-state index in [9.17, 15) is 132 Å². The highest BCUT2D eigenvalue weighted by Crippen LogP contribution is 2.66. The van der Waals surface area contributed by atoms with Gasteiger partial charge < -0.3 is 4.74 Å². The summed E-state index contributed by atoms with van der Waals surface area (Å²) in [6.45, 7) is 0. The highest BCUT2D eigenvalue weighted by atomic mass is 19.4. The average molecular weight is 814 g/mol. The fourth-order valence-corrected chi connectivity index (χ4v) is 3.00. The zero-order valence-corrected chi connectivity index (χ0v) is 21.2. The van der Waals surface area contributed by atoms with Gasteiger partial charge in [-0.05, 0) is 0 Å². The van der Waals surface area contributed by atoms with Gasteiger partial charge in [0.1, 0.15) is 0 Å². The Labute approximate surface area is 250 Å². The van der Waals surface area contributed by atoms with Crippen LogP contribution in [0.3, 0.4) is 0 Å². The third kappa shape index (κ3) is 6.15. The molecule has 1 aromatic carbocycles. The molecule has 1 nitrogen and oxygen atoms in total. The first kappa shape index (κ1) is 44.7. The standard InChI is InChI=1S/C19F30O/c20-3-1(4(21)6(23)7(24)5(3)22)2(8(10(27,28)29)50-19(48,49)18(45,46)47)9(25,26)11(30,31)12(32,33)13(34,35)14(36,37)15(38,39)16(40,41)17(42,43)44. The summed E-state index contributed by atoms with van der Waals surface area (Å²) < 4.78 is 406. The molecule has 0 spiro atoms. The van der Waals surface area contributed by atoms with Gasteiger partial charge in [0.15, 0.2) is 23.3 Å². The summed E-state index contributed by atoms with van der Waals surface area (Å²) in [5, 5.41) is 0. The Kier molecular flexibility index (Phi) is 10.6. The van der Waals surface area contributed by atoms with Crippen LogP contribution in [-0.2, 0) is 4.74 Å². The Morgan fingerprint density at radius 3 is 0.900 bits per heavy atom. The number of benzene rings is 1. The van der Waals surface area contributed by atoms with Crippen molar-refractivity contribution in [1.82, 2.24) is 0 Å². The van der Waals surface area contributed by atoms with Crippen LogP contribution in [0.5, 0.6) is 0 Å². The van der Waals surface area contributed by atoms with Gasteiger partial charge >= 0.3 is 66.1 Å². The van der Waals surface area contributed by atoms with Crippen LogP contribution in [0, 0.1) is 29.1 Å². The molecule has 0 aliphatic heterocycles. The molecular formula is C19F30O. The average Bonchev–Trinajstić information content (AvgIpc) is 2.89. The number of rotatable bonds is 10. The summed E-state index contributed by atoms with van der Waals surface area (Å²) in [6, 6.07) is 0. The number of hydrogen-bond donors (Lipinski definition) is 0. The Balaban J connectivity index is 4.64. The molecule has 50 heavy (non-hydrogen) atoms. The van der Waals surface area contributed by atoms with Crippen LogP contribution in [0.1, 0.15) is 5.56 Å². The van der Waals surface area contributed by atoms with Gasteiger partial charge in [0, 0.05) is 0 Å². The molecule has 0 amide bonds. The van der Waals surface area contributed by atoms with Gasteiger partial charge in [-0.25, -0.2) is 22.0 Å². The fourth-order valence-electron chi connectivity index (χ4n) is 3.00. The van der Waals surface area contributed by atoms with Crippen LogP contribution in [0.15, 0.2) is 5.76 Å². The molecule has 0 N–H and O–H groups in total. The van der Waals surface area contributed by atoms with Gasteiger partial charge in [-0.15, -0.1) is 0 Å². The smallest absolute Gasteiger partial charge is 0.420 e. The molecule has 0 bridgehead atoms. The highest BCUT2D eigenvalue weighted by molar-refractivity contribution is 5.76. The lowest BCUT2D eigenvalue weighted by Gasteiger charge is -2.43. The first-order chi connectivity index (χ1) is 21.4. The summed E-state index contributed by atoms with van der Waals surface area (Å²) in [5.41, 5.74) is -10.5. The van der Waals surface area contributed by atoms with E-state index in [1.54, 1.807) is 4.74 Å². The van der Waals surface area contributed by atoms with Crippen molar-refractivity contribution in [3.8, 4) is 0 Å². The summed E-state index contributed by atoms with van der Waals surface area (Å²) in [4.78, 5) is 0. The SMILES string of the molecule is Fc1c(F)c(F)c(C(=C(OC(F)(F)C(F)(F)F)C(F)(F)F)C(F)(F)C(F)(F)C(F)(F)C(F)(F)C(F)(F)C(F)(F)C(F)(F)C(F)(F)F)c(F)c1F. The highest BCUT2D eigenvalue weighted by Gasteiger charge is 2.95. The molecular weight excluding hydrogens is 814 g/mol.